The van der Waals surface area contributed by atoms with E-state index in [9.17, 15) is 10.0 Å². The molecule has 3 heterocycles. The molecule has 1 atom stereocenters. The lowest BCUT2D eigenvalue weighted by atomic mass is 9.84. The van der Waals surface area contributed by atoms with E-state index in [2.05, 4.69) is 51.9 Å². The van der Waals surface area contributed by atoms with Crippen LogP contribution in [0.25, 0.3) is 16.8 Å². The first-order valence-electron chi connectivity index (χ1n) is 15.3. The van der Waals surface area contributed by atoms with E-state index in [1.807, 2.05) is 49.4 Å². The zero-order chi connectivity index (χ0) is 31.2. The first-order chi connectivity index (χ1) is 22.0. The Morgan fingerprint density at radius 2 is 1.87 bits per heavy atom. The van der Waals surface area contributed by atoms with Gasteiger partial charge in [0.25, 0.3) is 0 Å². The Hall–Kier alpha value is -4.76. The predicted octanol–water partition coefficient (Wildman–Crippen LogP) is 6.72. The molecule has 10 heteroatoms. The van der Waals surface area contributed by atoms with E-state index in [1.54, 1.807) is 21.8 Å². The van der Waals surface area contributed by atoms with E-state index >= 15 is 0 Å². The van der Waals surface area contributed by atoms with Crippen LogP contribution in [0, 0.1) is 5.21 Å². The van der Waals surface area contributed by atoms with E-state index in [-0.39, 0.29) is 12.0 Å². The summed E-state index contributed by atoms with van der Waals surface area (Å²) in [5.41, 5.74) is 6.28. The molecule has 45 heavy (non-hydrogen) atoms. The van der Waals surface area contributed by atoms with Crippen molar-refractivity contribution in [3.63, 3.8) is 0 Å². The summed E-state index contributed by atoms with van der Waals surface area (Å²) in [5.74, 6) is 0.146. The van der Waals surface area contributed by atoms with E-state index in [1.165, 1.54) is 11.9 Å². The molecule has 0 bridgehead atoms. The highest BCUT2D eigenvalue weighted by Crippen LogP contribution is 2.34. The fraction of sp³-hybridized carbons (Fsp3) is 0.286. The van der Waals surface area contributed by atoms with Gasteiger partial charge in [-0.3, -0.25) is 0 Å². The van der Waals surface area contributed by atoms with Gasteiger partial charge in [-0.05, 0) is 83.0 Å². The molecule has 1 aliphatic rings. The van der Waals surface area contributed by atoms with Crippen molar-refractivity contribution in [2.24, 2.45) is 0 Å². The maximum absolute atomic E-state index is 13.8. The Labute approximate surface area is 267 Å². The minimum atomic E-state index is -0.224. The van der Waals surface area contributed by atoms with Crippen LogP contribution in [0.15, 0.2) is 97.5 Å². The lowest BCUT2D eigenvalue weighted by Gasteiger charge is -2.32. The third-order valence-corrected chi connectivity index (χ3v) is 8.65. The number of benzene rings is 3. The highest BCUT2D eigenvalue weighted by Gasteiger charge is 2.28. The number of hydrogen-bond donors (Lipinski definition) is 0. The third kappa shape index (κ3) is 6.99. The Morgan fingerprint density at radius 3 is 2.60 bits per heavy atom. The smallest absolute Gasteiger partial charge is 0.409 e. The number of halogens is 1. The second-order valence-electron chi connectivity index (χ2n) is 11.4. The minimum absolute atomic E-state index is 0.179. The molecular formula is C35H35ClN6O3. The molecule has 1 aliphatic heterocycles. The van der Waals surface area contributed by atoms with E-state index < -0.39 is 0 Å². The number of likely N-dealkylation sites (tertiary alicyclic amines) is 1. The zero-order valence-corrected chi connectivity index (χ0v) is 25.9. The number of tetrazole rings is 1. The number of piperidine rings is 1. The average Bonchev–Trinajstić information content (AvgIpc) is 3.62. The van der Waals surface area contributed by atoms with E-state index in [4.69, 9.17) is 16.3 Å². The Bertz CT molecular complexity index is 1740. The topological polar surface area (TPSA) is 100 Å². The summed E-state index contributed by atoms with van der Waals surface area (Å²) in [6.07, 6.45) is 6.11. The number of amides is 1. The maximum Gasteiger partial charge on any atom is 0.409 e. The van der Waals surface area contributed by atoms with Gasteiger partial charge in [0.05, 0.1) is 18.2 Å². The predicted molar refractivity (Wildman–Crippen MR) is 172 cm³/mol. The van der Waals surface area contributed by atoms with Gasteiger partial charge >= 0.3 is 6.09 Å². The number of hydrogen-bond acceptors (Lipinski definition) is 6. The standard InChI is InChI=1S/C35H35ClN6O3/c1-2-19-45-35(43)40-17-15-26(16-18-40)27-9-6-10-28(21-27)31(20-25-7-4-3-5-8-25)34-13-11-29(23-42(34)44)32-22-30(36)12-14-33(32)41-24-37-38-39-41/h3-14,21-24,26,31H,2,15-20H2,1H3. The summed E-state index contributed by atoms with van der Waals surface area (Å²) in [6, 6.07) is 28.1. The maximum atomic E-state index is 13.8. The molecule has 1 fully saturated rings. The summed E-state index contributed by atoms with van der Waals surface area (Å²) >= 11 is 6.37. The summed E-state index contributed by atoms with van der Waals surface area (Å²) in [5, 5.41) is 25.9. The van der Waals surface area contributed by atoms with Crippen molar-refractivity contribution in [2.75, 3.05) is 19.7 Å². The summed E-state index contributed by atoms with van der Waals surface area (Å²) in [7, 11) is 0. The number of rotatable bonds is 9. The van der Waals surface area contributed by atoms with Crippen molar-refractivity contribution in [3.8, 4) is 16.8 Å². The lowest BCUT2D eigenvalue weighted by Crippen LogP contribution is -2.38. The molecule has 1 unspecified atom stereocenters. The van der Waals surface area contributed by atoms with Gasteiger partial charge in [0.15, 0.2) is 6.20 Å². The lowest BCUT2D eigenvalue weighted by molar-refractivity contribution is -0.614. The number of carbonyl (C=O) groups is 1. The number of nitrogens with zero attached hydrogens (tertiary/aromatic N) is 6. The quantitative estimate of drug-likeness (QED) is 0.134. The SMILES string of the molecule is CCCOC(=O)N1CCC(c2cccc(C(Cc3ccccc3)c3ccc(-c4cc(Cl)ccc4-n4cnnn4)c[n+]3[O-])c2)CC1. The summed E-state index contributed by atoms with van der Waals surface area (Å²) in [6.45, 7) is 3.78. The third-order valence-electron chi connectivity index (χ3n) is 8.42. The van der Waals surface area contributed by atoms with Gasteiger partial charge in [0.2, 0.25) is 5.69 Å². The van der Waals surface area contributed by atoms with Crippen molar-refractivity contribution in [1.82, 2.24) is 25.1 Å². The van der Waals surface area contributed by atoms with Gasteiger partial charge in [-0.15, -0.1) is 5.10 Å². The summed E-state index contributed by atoms with van der Waals surface area (Å²) in [4.78, 5) is 14.2. The highest BCUT2D eigenvalue weighted by atomic mass is 35.5. The first kappa shape index (κ1) is 30.3. The molecule has 1 amide bonds. The van der Waals surface area contributed by atoms with Crippen molar-refractivity contribution in [3.05, 3.63) is 130 Å². The molecule has 0 N–H and O–H groups in total. The monoisotopic (exact) mass is 622 g/mol. The molecule has 230 valence electrons. The van der Waals surface area contributed by atoms with E-state index in [0.717, 1.165) is 46.4 Å². The number of aromatic nitrogens is 5. The molecule has 2 aromatic heterocycles. The van der Waals surface area contributed by atoms with E-state index in [0.29, 0.717) is 48.3 Å². The van der Waals surface area contributed by atoms with Gasteiger partial charge in [0, 0.05) is 35.3 Å². The summed E-state index contributed by atoms with van der Waals surface area (Å²) < 4.78 is 7.87. The molecular weight excluding hydrogens is 588 g/mol. The number of pyridine rings is 1. The number of carbonyl (C=O) groups excluding carboxylic acids is 1. The van der Waals surface area contributed by atoms with Crippen LogP contribution in [0.2, 0.25) is 5.02 Å². The molecule has 6 rings (SSSR count). The molecule has 3 aromatic carbocycles. The van der Waals surface area contributed by atoms with Gasteiger partial charge in [0.1, 0.15) is 6.33 Å². The van der Waals surface area contributed by atoms with Crippen LogP contribution >= 0.6 is 11.6 Å². The van der Waals surface area contributed by atoms with Gasteiger partial charge in [-0.1, -0.05) is 73.1 Å². The Balaban J connectivity index is 1.31. The van der Waals surface area contributed by atoms with Crippen LogP contribution < -0.4 is 4.73 Å². The van der Waals surface area contributed by atoms with Crippen molar-refractivity contribution in [2.45, 2.75) is 44.4 Å². The van der Waals surface area contributed by atoms with Crippen molar-refractivity contribution < 1.29 is 14.3 Å². The largest absolute Gasteiger partial charge is 0.618 e. The molecule has 0 saturated carbocycles. The fourth-order valence-electron chi connectivity index (χ4n) is 6.08. The van der Waals surface area contributed by atoms with Crippen LogP contribution in [0.3, 0.4) is 0 Å². The van der Waals surface area contributed by atoms with Crippen LogP contribution in [-0.2, 0) is 11.2 Å². The fourth-order valence-corrected chi connectivity index (χ4v) is 6.25. The number of ether oxygens (including phenoxy) is 1. The van der Waals surface area contributed by atoms with Crippen LogP contribution in [-0.4, -0.2) is 50.9 Å². The highest BCUT2D eigenvalue weighted by molar-refractivity contribution is 6.31. The Morgan fingerprint density at radius 1 is 1.04 bits per heavy atom. The molecule has 0 radical (unpaired) electrons. The van der Waals surface area contributed by atoms with Gasteiger partial charge < -0.3 is 14.8 Å². The van der Waals surface area contributed by atoms with Gasteiger partial charge in [-0.25, -0.2) is 4.79 Å². The first-order valence-corrected chi connectivity index (χ1v) is 15.7. The van der Waals surface area contributed by atoms with Crippen molar-refractivity contribution in [1.29, 1.82) is 0 Å². The zero-order valence-electron chi connectivity index (χ0n) is 25.1. The second kappa shape index (κ2) is 13.9. The van der Waals surface area contributed by atoms with Crippen molar-refractivity contribution >= 4 is 17.7 Å². The minimum Gasteiger partial charge on any atom is -0.618 e. The molecule has 9 nitrogen and oxygen atoms in total. The Kier molecular flexibility index (Phi) is 9.35. The van der Waals surface area contributed by atoms with Gasteiger partial charge in [-0.2, -0.15) is 9.41 Å². The molecule has 5 aromatic rings. The van der Waals surface area contributed by atoms with Crippen LogP contribution in [0.5, 0.6) is 0 Å². The van der Waals surface area contributed by atoms with Crippen LogP contribution in [0.1, 0.15) is 60.4 Å². The normalized spacial score (nSPS) is 14.3. The average molecular weight is 623 g/mol. The molecule has 1 saturated heterocycles. The molecule has 0 spiro atoms. The second-order valence-corrected chi connectivity index (χ2v) is 11.8. The van der Waals surface area contributed by atoms with Crippen LogP contribution in [0.4, 0.5) is 4.79 Å². The molecule has 0 aliphatic carbocycles.